The van der Waals surface area contributed by atoms with Crippen LogP contribution < -0.4 is 0 Å². The number of carbonyl (C=O) groups is 1. The van der Waals surface area contributed by atoms with E-state index in [9.17, 15) is 20.1 Å². The summed E-state index contributed by atoms with van der Waals surface area (Å²) in [7, 11) is 0. The Morgan fingerprint density at radius 3 is 2.49 bits per heavy atom. The number of hydrogen-bond acceptors (Lipinski definition) is 7. The summed E-state index contributed by atoms with van der Waals surface area (Å²) >= 11 is 0. The van der Waals surface area contributed by atoms with Crippen LogP contribution in [0.2, 0.25) is 0 Å². The van der Waals surface area contributed by atoms with Crippen LogP contribution in [-0.4, -0.2) is 68.1 Å². The van der Waals surface area contributed by atoms with Gasteiger partial charge in [-0.3, -0.25) is 4.79 Å². The summed E-state index contributed by atoms with van der Waals surface area (Å²) in [6.45, 7) is 10.1. The van der Waals surface area contributed by atoms with Gasteiger partial charge in [-0.2, -0.15) is 0 Å². The molecule has 7 aliphatic rings. The Kier molecular flexibility index (Phi) is 4.27. The summed E-state index contributed by atoms with van der Waals surface area (Å²) in [4.78, 5) is 13.4. The molecule has 3 saturated carbocycles. The van der Waals surface area contributed by atoms with Gasteiger partial charge < -0.3 is 29.5 Å². The third-order valence-corrected chi connectivity index (χ3v) is 12.9. The second kappa shape index (κ2) is 6.41. The molecule has 7 heteroatoms. The summed E-state index contributed by atoms with van der Waals surface area (Å²) in [6.07, 6.45) is 6.26. The van der Waals surface area contributed by atoms with E-state index in [-0.39, 0.29) is 53.2 Å². The monoisotopic (exact) mass is 488 g/mol. The van der Waals surface area contributed by atoms with Gasteiger partial charge in [-0.25, -0.2) is 0 Å². The minimum Gasteiger partial charge on any atom is -0.386 e. The van der Waals surface area contributed by atoms with Gasteiger partial charge in [0.05, 0.1) is 23.2 Å². The molecular formula is C28H40O7. The normalized spacial score (nSPS) is 66.5. The number of fused-ring (bicyclic) bond motifs is 11. The van der Waals surface area contributed by atoms with Crippen molar-refractivity contribution in [3.8, 4) is 0 Å². The molecule has 0 unspecified atom stereocenters. The van der Waals surface area contributed by atoms with Gasteiger partial charge in [0.25, 0.3) is 0 Å². The van der Waals surface area contributed by atoms with Crippen LogP contribution in [0.15, 0.2) is 12.2 Å². The van der Waals surface area contributed by atoms with Crippen molar-refractivity contribution in [1.29, 1.82) is 0 Å². The van der Waals surface area contributed by atoms with Crippen LogP contribution >= 0.6 is 0 Å². The lowest BCUT2D eigenvalue weighted by Gasteiger charge is -2.67. The van der Waals surface area contributed by atoms with Crippen molar-refractivity contribution in [2.75, 3.05) is 0 Å². The molecule has 3 N–H and O–H groups in total. The summed E-state index contributed by atoms with van der Waals surface area (Å²) in [5, 5.41) is 33.7. The predicted molar refractivity (Wildman–Crippen MR) is 125 cm³/mol. The largest absolute Gasteiger partial charge is 0.386 e. The van der Waals surface area contributed by atoms with Gasteiger partial charge in [0, 0.05) is 17.8 Å². The third-order valence-electron chi connectivity index (χ3n) is 12.9. The highest BCUT2D eigenvalue weighted by Crippen LogP contribution is 2.74. The number of ketones is 1. The number of aliphatic hydroxyl groups excluding tert-OH is 1. The summed E-state index contributed by atoms with van der Waals surface area (Å²) in [6, 6.07) is 0. The van der Waals surface area contributed by atoms with E-state index >= 15 is 0 Å². The lowest BCUT2D eigenvalue weighted by Crippen LogP contribution is -2.76. The molecule has 2 bridgehead atoms. The highest BCUT2D eigenvalue weighted by molar-refractivity contribution is 5.97. The molecule has 14 atom stereocenters. The molecule has 4 aliphatic carbocycles. The van der Waals surface area contributed by atoms with Gasteiger partial charge in [0.1, 0.15) is 22.9 Å². The first-order valence-corrected chi connectivity index (χ1v) is 13.6. The molecule has 0 radical (unpaired) electrons. The molecule has 0 aromatic heterocycles. The molecule has 194 valence electrons. The highest BCUT2D eigenvalue weighted by Gasteiger charge is 2.80. The molecule has 0 aromatic carbocycles. The van der Waals surface area contributed by atoms with Gasteiger partial charge in [0.15, 0.2) is 12.1 Å². The summed E-state index contributed by atoms with van der Waals surface area (Å²) < 4.78 is 19.4. The molecule has 3 saturated heterocycles. The fourth-order valence-corrected chi connectivity index (χ4v) is 10.4. The van der Waals surface area contributed by atoms with Crippen LogP contribution in [0.1, 0.15) is 73.1 Å². The first kappa shape index (κ1) is 23.3. The number of allylic oxidation sites excluding steroid dienone is 1. The summed E-state index contributed by atoms with van der Waals surface area (Å²) in [5.41, 5.74) is -5.08. The molecule has 35 heavy (non-hydrogen) atoms. The van der Waals surface area contributed by atoms with Crippen LogP contribution in [-0.2, 0) is 19.0 Å². The predicted octanol–water partition coefficient (Wildman–Crippen LogP) is 2.50. The highest BCUT2D eigenvalue weighted by atomic mass is 16.6. The van der Waals surface area contributed by atoms with Gasteiger partial charge in [-0.1, -0.05) is 19.9 Å². The summed E-state index contributed by atoms with van der Waals surface area (Å²) in [5.74, 6) is 0.637. The van der Waals surface area contributed by atoms with E-state index < -0.39 is 34.1 Å². The second-order valence-corrected chi connectivity index (χ2v) is 13.8. The van der Waals surface area contributed by atoms with Crippen molar-refractivity contribution >= 4 is 5.78 Å². The Bertz CT molecular complexity index is 1020. The fourth-order valence-electron chi connectivity index (χ4n) is 10.4. The van der Waals surface area contributed by atoms with Crippen LogP contribution in [0.5, 0.6) is 0 Å². The smallest absolute Gasteiger partial charge is 0.186 e. The van der Waals surface area contributed by atoms with Gasteiger partial charge in [0.2, 0.25) is 0 Å². The first-order valence-electron chi connectivity index (χ1n) is 13.6. The van der Waals surface area contributed by atoms with E-state index in [1.807, 2.05) is 19.9 Å². The molecule has 1 spiro atoms. The van der Waals surface area contributed by atoms with E-state index in [2.05, 4.69) is 13.8 Å². The van der Waals surface area contributed by atoms with Gasteiger partial charge in [-0.05, 0) is 76.7 Å². The van der Waals surface area contributed by atoms with Gasteiger partial charge in [-0.15, -0.1) is 0 Å². The fraction of sp³-hybridized carbons (Fsp3) is 0.893. The zero-order valence-electron chi connectivity index (χ0n) is 21.5. The van der Waals surface area contributed by atoms with E-state index in [0.29, 0.717) is 12.8 Å². The average molecular weight is 489 g/mol. The number of epoxide rings is 1. The average Bonchev–Trinajstić information content (AvgIpc) is 3.54. The Morgan fingerprint density at radius 1 is 1.03 bits per heavy atom. The van der Waals surface area contributed by atoms with Crippen LogP contribution in [0, 0.1) is 34.5 Å². The number of rotatable bonds is 0. The van der Waals surface area contributed by atoms with E-state index in [0.717, 1.165) is 25.7 Å². The van der Waals surface area contributed by atoms with Crippen LogP contribution in [0.25, 0.3) is 0 Å². The lowest BCUT2D eigenvalue weighted by molar-refractivity contribution is -0.406. The molecular weight excluding hydrogens is 448 g/mol. The van der Waals surface area contributed by atoms with E-state index in [1.54, 1.807) is 13.0 Å². The van der Waals surface area contributed by atoms with E-state index in [4.69, 9.17) is 14.2 Å². The second-order valence-electron chi connectivity index (χ2n) is 13.8. The zero-order chi connectivity index (χ0) is 25.0. The minimum absolute atomic E-state index is 0.0210. The molecule has 6 fully saturated rings. The Hall–Kier alpha value is -0.830. The number of carbonyl (C=O) groups excluding carboxylic acids is 1. The standard InChI is InChI=1S/C28H40O7/c1-14-17-13-24(3,26(5,31)22(30)33-17)35-28(14)12-9-15-19-16(8-11-23(15,28)2)25(4)18(29)7-6-10-27(25,32)21-20(19)34-21/h6-7,14-17,19-22,30-32H,8-13H2,1-5H3/t14-,15+,16+,17-,19+,20+,21+,22+,23+,24-,25+,26-,27+,28-/m1/s1. The van der Waals surface area contributed by atoms with Crippen molar-refractivity contribution in [3.63, 3.8) is 0 Å². The Labute approximate surface area is 207 Å². The zero-order valence-corrected chi connectivity index (χ0v) is 21.5. The molecule has 0 aromatic rings. The third kappa shape index (κ3) is 2.31. The molecule has 7 rings (SSSR count). The van der Waals surface area contributed by atoms with Crippen molar-refractivity contribution in [2.24, 2.45) is 34.5 Å². The van der Waals surface area contributed by atoms with E-state index in [1.165, 1.54) is 0 Å². The Morgan fingerprint density at radius 2 is 1.74 bits per heavy atom. The van der Waals surface area contributed by atoms with Gasteiger partial charge >= 0.3 is 0 Å². The number of ether oxygens (including phenoxy) is 3. The first-order chi connectivity index (χ1) is 16.3. The molecule has 3 aliphatic heterocycles. The minimum atomic E-state index is -1.51. The maximum atomic E-state index is 13.4. The molecule has 7 nitrogen and oxygen atoms in total. The number of aliphatic hydroxyl groups is 3. The lowest BCUT2D eigenvalue weighted by atomic mass is 9.43. The molecule has 0 amide bonds. The van der Waals surface area contributed by atoms with Crippen molar-refractivity contribution in [2.45, 2.75) is 120 Å². The van der Waals surface area contributed by atoms with Crippen LogP contribution in [0.3, 0.4) is 0 Å². The SMILES string of the molecule is C[C@@H]1[C@H]2C[C@@](C)(O[C@]13CC[C@H]1[C@@H]4[C@@H]5O[C@@H]5[C@@]5(O)CC=CC(=O)[C@]5(C)[C@H]4CC[C@@]13C)[C@](C)(O)[C@@H](O)O2. The number of hydrogen-bond donors (Lipinski definition) is 3. The van der Waals surface area contributed by atoms with Crippen molar-refractivity contribution < 1.29 is 34.3 Å². The van der Waals surface area contributed by atoms with Crippen LogP contribution in [0.4, 0.5) is 0 Å². The topological polar surface area (TPSA) is 109 Å². The van der Waals surface area contributed by atoms with Crippen molar-refractivity contribution in [1.82, 2.24) is 0 Å². The Balaban J connectivity index is 1.30. The maximum absolute atomic E-state index is 13.4. The maximum Gasteiger partial charge on any atom is 0.186 e. The molecule has 3 heterocycles. The van der Waals surface area contributed by atoms with Crippen molar-refractivity contribution in [3.05, 3.63) is 12.2 Å². The quantitative estimate of drug-likeness (QED) is 0.450.